The van der Waals surface area contributed by atoms with E-state index in [9.17, 15) is 12.8 Å². The molecule has 0 heterocycles. The first-order chi connectivity index (χ1) is 8.88. The molecule has 0 spiro atoms. The van der Waals surface area contributed by atoms with Crippen LogP contribution in [-0.4, -0.2) is 15.0 Å². The molecule has 19 heavy (non-hydrogen) atoms. The van der Waals surface area contributed by atoms with Gasteiger partial charge in [0.2, 0.25) is 10.0 Å². The molecule has 4 nitrogen and oxygen atoms in total. The van der Waals surface area contributed by atoms with E-state index in [4.69, 9.17) is 12.2 Å². The summed E-state index contributed by atoms with van der Waals surface area (Å²) in [6, 6.07) is 2.25. The highest BCUT2D eigenvalue weighted by molar-refractivity contribution is 7.89. The molecule has 3 N–H and O–H groups in total. The van der Waals surface area contributed by atoms with Gasteiger partial charge in [0, 0.05) is 13.0 Å². The fourth-order valence-corrected chi connectivity index (χ4v) is 2.93. The lowest BCUT2D eigenvalue weighted by atomic mass is 10.2. The average Bonchev–Trinajstić information content (AvgIpc) is 2.33. The maximum absolute atomic E-state index is 13.2. The van der Waals surface area contributed by atoms with Crippen LogP contribution in [0.25, 0.3) is 0 Å². The quantitative estimate of drug-likeness (QED) is 0.475. The van der Waals surface area contributed by atoms with Gasteiger partial charge in [0.05, 0.1) is 10.6 Å². The minimum absolute atomic E-state index is 0.00310. The Morgan fingerprint density at radius 3 is 2.74 bits per heavy atom. The summed E-state index contributed by atoms with van der Waals surface area (Å²) in [5.41, 5.74) is 5.53. The fraction of sp³-hybridized carbons (Fsp3) is 0.385. The number of unbranched alkanes of at least 4 members (excludes halogenated alkanes) is 2. The van der Waals surface area contributed by atoms with E-state index < -0.39 is 15.8 Å². The van der Waals surface area contributed by atoms with E-state index in [-0.39, 0.29) is 10.6 Å². The third-order valence-electron chi connectivity index (χ3n) is 2.62. The van der Waals surface area contributed by atoms with Gasteiger partial charge in [-0.25, -0.2) is 17.5 Å². The van der Waals surface area contributed by atoms with E-state index in [1.54, 1.807) is 0 Å². The van der Waals surface area contributed by atoms with Crippen molar-refractivity contribution < 1.29 is 12.8 Å². The number of nitrogen functional groups attached to an aromatic ring is 1. The minimum atomic E-state index is -3.67. The summed E-state index contributed by atoms with van der Waals surface area (Å²) in [6.45, 7) is 1.82. The van der Waals surface area contributed by atoms with Gasteiger partial charge in [-0.15, -0.1) is 12.3 Å². The molecule has 0 fully saturated rings. The van der Waals surface area contributed by atoms with E-state index >= 15 is 0 Å². The number of aryl methyl sites for hydroxylation is 1. The van der Waals surface area contributed by atoms with Crippen molar-refractivity contribution >= 4 is 15.7 Å². The van der Waals surface area contributed by atoms with Crippen LogP contribution < -0.4 is 10.5 Å². The molecule has 104 valence electrons. The lowest BCUT2D eigenvalue weighted by Crippen LogP contribution is -2.25. The third-order valence-corrected chi connectivity index (χ3v) is 4.23. The molecule has 0 radical (unpaired) electrons. The maximum Gasteiger partial charge on any atom is 0.240 e. The van der Waals surface area contributed by atoms with Crippen molar-refractivity contribution in [2.75, 3.05) is 12.3 Å². The Morgan fingerprint density at radius 1 is 1.42 bits per heavy atom. The van der Waals surface area contributed by atoms with E-state index in [1.165, 1.54) is 6.92 Å². The van der Waals surface area contributed by atoms with Crippen molar-refractivity contribution in [1.29, 1.82) is 0 Å². The Morgan fingerprint density at radius 2 is 2.11 bits per heavy atom. The predicted octanol–water partition coefficient (Wildman–Crippen LogP) is 1.80. The zero-order chi connectivity index (χ0) is 14.5. The Balaban J connectivity index is 2.78. The molecule has 6 heteroatoms. The Bertz CT molecular complexity index is 591. The number of anilines is 1. The highest BCUT2D eigenvalue weighted by Crippen LogP contribution is 2.21. The zero-order valence-corrected chi connectivity index (χ0v) is 11.6. The van der Waals surface area contributed by atoms with Gasteiger partial charge in [-0.3, -0.25) is 0 Å². The van der Waals surface area contributed by atoms with Crippen LogP contribution in [0.1, 0.15) is 24.8 Å². The van der Waals surface area contributed by atoms with Crippen molar-refractivity contribution in [2.24, 2.45) is 0 Å². The van der Waals surface area contributed by atoms with Crippen molar-refractivity contribution in [2.45, 2.75) is 31.1 Å². The molecule has 0 unspecified atom stereocenters. The molecule has 0 saturated heterocycles. The predicted molar refractivity (Wildman–Crippen MR) is 73.4 cm³/mol. The molecular formula is C13H17FN2O2S. The first-order valence-corrected chi connectivity index (χ1v) is 7.35. The highest BCUT2D eigenvalue weighted by atomic mass is 32.2. The highest BCUT2D eigenvalue weighted by Gasteiger charge is 2.18. The number of terminal acetylenes is 1. The summed E-state index contributed by atoms with van der Waals surface area (Å²) >= 11 is 0. The summed E-state index contributed by atoms with van der Waals surface area (Å²) < 4.78 is 39.7. The SMILES string of the molecule is C#CCCCCNS(=O)(=O)c1cc(N)c(F)cc1C. The molecular weight excluding hydrogens is 267 g/mol. The number of halogens is 1. The van der Waals surface area contributed by atoms with Crippen LogP contribution in [0.2, 0.25) is 0 Å². The topological polar surface area (TPSA) is 72.2 Å². The Labute approximate surface area is 113 Å². The second-order valence-corrected chi connectivity index (χ2v) is 5.93. The molecule has 1 aromatic carbocycles. The van der Waals surface area contributed by atoms with Crippen molar-refractivity contribution in [3.63, 3.8) is 0 Å². The van der Waals surface area contributed by atoms with E-state index in [1.807, 2.05) is 0 Å². The van der Waals surface area contributed by atoms with Crippen LogP contribution in [-0.2, 0) is 10.0 Å². The number of sulfonamides is 1. The van der Waals surface area contributed by atoms with Crippen molar-refractivity contribution in [3.05, 3.63) is 23.5 Å². The molecule has 0 aromatic heterocycles. The lowest BCUT2D eigenvalue weighted by molar-refractivity contribution is 0.576. The van der Waals surface area contributed by atoms with Gasteiger partial charge in [-0.05, 0) is 37.5 Å². The van der Waals surface area contributed by atoms with Crippen LogP contribution >= 0.6 is 0 Å². The second kappa shape index (κ2) is 6.55. The Kier molecular flexibility index (Phi) is 5.33. The Hall–Kier alpha value is -1.58. The van der Waals surface area contributed by atoms with Gasteiger partial charge in [0.1, 0.15) is 5.82 Å². The van der Waals surface area contributed by atoms with Gasteiger partial charge in [-0.1, -0.05) is 0 Å². The van der Waals surface area contributed by atoms with E-state index in [0.29, 0.717) is 24.9 Å². The lowest BCUT2D eigenvalue weighted by Gasteiger charge is -2.10. The number of benzene rings is 1. The van der Waals surface area contributed by atoms with Crippen LogP contribution in [0.15, 0.2) is 17.0 Å². The number of hydrogen-bond donors (Lipinski definition) is 2. The number of nitrogens with two attached hydrogens (primary N) is 1. The molecule has 0 saturated carbocycles. The van der Waals surface area contributed by atoms with Crippen LogP contribution in [0.4, 0.5) is 10.1 Å². The molecule has 1 aromatic rings. The zero-order valence-electron chi connectivity index (χ0n) is 10.7. The van der Waals surface area contributed by atoms with Crippen LogP contribution in [0.5, 0.6) is 0 Å². The molecule has 0 bridgehead atoms. The third kappa shape index (κ3) is 4.23. The molecule has 0 aliphatic carbocycles. The van der Waals surface area contributed by atoms with Gasteiger partial charge < -0.3 is 5.73 Å². The molecule has 0 aliphatic heterocycles. The minimum Gasteiger partial charge on any atom is -0.396 e. The molecule has 0 amide bonds. The molecule has 0 atom stereocenters. The standard InChI is InChI=1S/C13H17FN2O2S/c1-3-4-5-6-7-16-19(17,18)13-9-12(15)11(14)8-10(13)2/h1,8-9,16H,4-7,15H2,2H3. The summed E-state index contributed by atoms with van der Waals surface area (Å²) in [6.07, 6.45) is 7.12. The van der Waals surface area contributed by atoms with Gasteiger partial charge >= 0.3 is 0 Å². The summed E-state index contributed by atoms with van der Waals surface area (Å²) in [5, 5.41) is 0. The number of rotatable bonds is 6. The van der Waals surface area contributed by atoms with Gasteiger partial charge in [0.15, 0.2) is 0 Å². The monoisotopic (exact) mass is 284 g/mol. The van der Waals surface area contributed by atoms with Crippen molar-refractivity contribution in [1.82, 2.24) is 4.72 Å². The summed E-state index contributed by atoms with van der Waals surface area (Å²) in [7, 11) is -3.67. The van der Waals surface area contributed by atoms with Crippen LogP contribution in [0, 0.1) is 25.1 Å². The molecule has 0 aliphatic rings. The van der Waals surface area contributed by atoms with E-state index in [0.717, 1.165) is 18.6 Å². The van der Waals surface area contributed by atoms with E-state index in [2.05, 4.69) is 10.6 Å². The maximum atomic E-state index is 13.2. The van der Waals surface area contributed by atoms with Gasteiger partial charge in [0.25, 0.3) is 0 Å². The summed E-state index contributed by atoms with van der Waals surface area (Å²) in [4.78, 5) is 0.00310. The first kappa shape index (κ1) is 15.5. The summed E-state index contributed by atoms with van der Waals surface area (Å²) in [5.74, 6) is 1.86. The second-order valence-electron chi connectivity index (χ2n) is 4.20. The number of nitrogens with one attached hydrogen (secondary N) is 1. The molecule has 1 rings (SSSR count). The first-order valence-electron chi connectivity index (χ1n) is 5.87. The largest absolute Gasteiger partial charge is 0.396 e. The van der Waals surface area contributed by atoms with Gasteiger partial charge in [-0.2, -0.15) is 0 Å². The average molecular weight is 284 g/mol. The van der Waals surface area contributed by atoms with Crippen molar-refractivity contribution in [3.8, 4) is 12.3 Å². The smallest absolute Gasteiger partial charge is 0.240 e. The van der Waals surface area contributed by atoms with Crippen LogP contribution in [0.3, 0.4) is 0 Å². The number of hydrogen-bond acceptors (Lipinski definition) is 3. The fourth-order valence-electron chi connectivity index (χ4n) is 1.59. The normalized spacial score (nSPS) is 11.2.